The van der Waals surface area contributed by atoms with Crippen LogP contribution in [0.25, 0.3) is 0 Å². The van der Waals surface area contributed by atoms with Crippen LogP contribution in [0.3, 0.4) is 0 Å². The van der Waals surface area contributed by atoms with Gasteiger partial charge in [-0.1, -0.05) is 0 Å². The number of aromatic amines is 1. The van der Waals surface area contributed by atoms with E-state index in [-0.39, 0.29) is 22.6 Å². The van der Waals surface area contributed by atoms with E-state index in [1.165, 1.54) is 7.05 Å². The summed E-state index contributed by atoms with van der Waals surface area (Å²) in [6.07, 6.45) is 0. The number of Topliss-reactive ketones (excluding diaryl/α,β-unsaturated/α-hetero) is 1. The third kappa shape index (κ3) is 4.25. The van der Waals surface area contributed by atoms with Crippen LogP contribution in [0.15, 0.2) is 29.2 Å². The number of aromatic nitrogens is 1. The zero-order valence-electron chi connectivity index (χ0n) is 15.5. The topological polar surface area (TPSA) is 96.5 Å². The van der Waals surface area contributed by atoms with Crippen molar-refractivity contribution in [2.45, 2.75) is 25.7 Å². The Bertz CT molecular complexity index is 964. The normalized spacial score (nSPS) is 11.6. The quantitative estimate of drug-likeness (QED) is 0.573. The average Bonchev–Trinajstić information content (AvgIpc) is 2.89. The summed E-state index contributed by atoms with van der Waals surface area (Å²) >= 11 is 0. The standard InChI is InChI=1S/C18H21FN2O5S/c1-5-26-18(23)17-12(3)20-11(2)16(17)15(22)10-21(4)27(24,25)14-8-6-13(19)7-9-14/h6-9,20H,5,10H2,1-4H3. The molecule has 9 heteroatoms. The lowest BCUT2D eigenvalue weighted by Crippen LogP contribution is -2.33. The number of nitrogens with zero attached hydrogens (tertiary/aromatic N) is 1. The van der Waals surface area contributed by atoms with Gasteiger partial charge in [0.25, 0.3) is 0 Å². The Labute approximate surface area is 157 Å². The molecular formula is C18H21FN2O5S. The Morgan fingerprint density at radius 3 is 2.22 bits per heavy atom. The summed E-state index contributed by atoms with van der Waals surface area (Å²) in [5.41, 5.74) is 1.13. The van der Waals surface area contributed by atoms with Gasteiger partial charge in [0.2, 0.25) is 10.0 Å². The number of benzene rings is 1. The average molecular weight is 396 g/mol. The summed E-state index contributed by atoms with van der Waals surface area (Å²) in [7, 11) is -2.74. The van der Waals surface area contributed by atoms with E-state index in [9.17, 15) is 22.4 Å². The van der Waals surface area contributed by atoms with Gasteiger partial charge in [0.1, 0.15) is 5.82 Å². The van der Waals surface area contributed by atoms with Crippen LogP contribution in [0.2, 0.25) is 0 Å². The highest BCUT2D eigenvalue weighted by Gasteiger charge is 2.29. The van der Waals surface area contributed by atoms with Gasteiger partial charge in [0.15, 0.2) is 5.78 Å². The summed E-state index contributed by atoms with van der Waals surface area (Å²) in [4.78, 5) is 27.7. The molecule has 0 saturated heterocycles. The maximum absolute atomic E-state index is 13.0. The first-order chi connectivity index (χ1) is 12.6. The fourth-order valence-corrected chi connectivity index (χ4v) is 3.87. The predicted octanol–water partition coefficient (Wildman–Crippen LogP) is 2.45. The minimum atomic E-state index is -3.99. The molecule has 146 valence electrons. The molecule has 1 heterocycles. The molecule has 0 unspecified atom stereocenters. The van der Waals surface area contributed by atoms with Crippen LogP contribution < -0.4 is 0 Å². The van der Waals surface area contributed by atoms with Crippen molar-refractivity contribution in [3.8, 4) is 0 Å². The Hall–Kier alpha value is -2.52. The molecule has 0 bridgehead atoms. The molecule has 0 aliphatic heterocycles. The third-order valence-electron chi connectivity index (χ3n) is 4.02. The number of hydrogen-bond acceptors (Lipinski definition) is 5. The molecule has 0 radical (unpaired) electrons. The van der Waals surface area contributed by atoms with Gasteiger partial charge in [-0.25, -0.2) is 17.6 Å². The zero-order valence-corrected chi connectivity index (χ0v) is 16.3. The van der Waals surface area contributed by atoms with E-state index in [0.717, 1.165) is 28.6 Å². The van der Waals surface area contributed by atoms with Crippen molar-refractivity contribution in [3.05, 3.63) is 52.6 Å². The molecule has 2 rings (SSSR count). The molecule has 2 aromatic rings. The third-order valence-corrected chi connectivity index (χ3v) is 5.84. The van der Waals surface area contributed by atoms with Crippen molar-refractivity contribution < 1.29 is 27.1 Å². The Balaban J connectivity index is 2.32. The summed E-state index contributed by atoms with van der Waals surface area (Å²) < 4.78 is 44.0. The maximum atomic E-state index is 13.0. The number of halogens is 1. The molecule has 7 nitrogen and oxygen atoms in total. The van der Waals surface area contributed by atoms with Crippen LogP contribution >= 0.6 is 0 Å². The Morgan fingerprint density at radius 1 is 1.11 bits per heavy atom. The maximum Gasteiger partial charge on any atom is 0.340 e. The fraction of sp³-hybridized carbons (Fsp3) is 0.333. The number of carbonyl (C=O) groups excluding carboxylic acids is 2. The second-order valence-corrected chi connectivity index (χ2v) is 8.03. The van der Waals surface area contributed by atoms with Gasteiger partial charge in [-0.05, 0) is 45.0 Å². The van der Waals surface area contributed by atoms with Crippen molar-refractivity contribution in [1.82, 2.24) is 9.29 Å². The van der Waals surface area contributed by atoms with E-state index in [0.29, 0.717) is 11.4 Å². The van der Waals surface area contributed by atoms with Crippen molar-refractivity contribution in [3.63, 3.8) is 0 Å². The number of ketones is 1. The lowest BCUT2D eigenvalue weighted by Gasteiger charge is -2.17. The number of aryl methyl sites for hydroxylation is 2. The lowest BCUT2D eigenvalue weighted by molar-refractivity contribution is 0.0522. The molecule has 27 heavy (non-hydrogen) atoms. The van der Waals surface area contributed by atoms with Crippen LogP contribution in [-0.2, 0) is 14.8 Å². The molecule has 1 N–H and O–H groups in total. The Kier molecular flexibility index (Phi) is 6.17. The van der Waals surface area contributed by atoms with E-state index < -0.39 is 34.1 Å². The van der Waals surface area contributed by atoms with Crippen LogP contribution in [0.4, 0.5) is 4.39 Å². The van der Waals surface area contributed by atoms with E-state index in [4.69, 9.17) is 4.74 Å². The van der Waals surface area contributed by atoms with Crippen molar-refractivity contribution >= 4 is 21.8 Å². The number of rotatable bonds is 7. The van der Waals surface area contributed by atoms with Crippen molar-refractivity contribution in [2.24, 2.45) is 0 Å². The minimum absolute atomic E-state index is 0.104. The highest BCUT2D eigenvalue weighted by molar-refractivity contribution is 7.89. The van der Waals surface area contributed by atoms with Gasteiger partial charge in [0.05, 0.1) is 29.2 Å². The van der Waals surface area contributed by atoms with Crippen molar-refractivity contribution in [1.29, 1.82) is 0 Å². The van der Waals surface area contributed by atoms with E-state index >= 15 is 0 Å². The van der Waals surface area contributed by atoms with Crippen molar-refractivity contribution in [2.75, 3.05) is 20.2 Å². The molecule has 1 aromatic heterocycles. The minimum Gasteiger partial charge on any atom is -0.462 e. The first-order valence-corrected chi connectivity index (χ1v) is 9.65. The van der Waals surface area contributed by atoms with Crippen LogP contribution in [0, 0.1) is 19.7 Å². The molecule has 0 amide bonds. The molecule has 0 aliphatic rings. The second kappa shape index (κ2) is 8.01. The van der Waals surface area contributed by atoms with Crippen LogP contribution in [0.5, 0.6) is 0 Å². The number of H-pyrrole nitrogens is 1. The predicted molar refractivity (Wildman–Crippen MR) is 96.8 cm³/mol. The summed E-state index contributed by atoms with van der Waals surface area (Å²) in [6, 6.07) is 4.31. The van der Waals surface area contributed by atoms with Gasteiger partial charge in [-0.2, -0.15) is 4.31 Å². The first kappa shape index (κ1) is 20.8. The van der Waals surface area contributed by atoms with E-state index in [2.05, 4.69) is 4.98 Å². The number of ether oxygens (including phenoxy) is 1. The number of carbonyl (C=O) groups is 2. The number of nitrogens with one attached hydrogen (secondary N) is 1. The van der Waals surface area contributed by atoms with E-state index in [1.807, 2.05) is 0 Å². The zero-order chi connectivity index (χ0) is 20.4. The molecule has 0 spiro atoms. The van der Waals surface area contributed by atoms with Crippen LogP contribution in [-0.4, -0.2) is 49.7 Å². The van der Waals surface area contributed by atoms with Gasteiger partial charge >= 0.3 is 5.97 Å². The molecule has 0 fully saturated rings. The SMILES string of the molecule is CCOC(=O)c1c(C)[nH]c(C)c1C(=O)CN(C)S(=O)(=O)c1ccc(F)cc1. The smallest absolute Gasteiger partial charge is 0.340 e. The molecular weight excluding hydrogens is 375 g/mol. The highest BCUT2D eigenvalue weighted by atomic mass is 32.2. The Morgan fingerprint density at radius 2 is 1.67 bits per heavy atom. The van der Waals surface area contributed by atoms with Gasteiger partial charge in [-0.15, -0.1) is 0 Å². The van der Waals surface area contributed by atoms with E-state index in [1.54, 1.807) is 20.8 Å². The molecule has 0 aliphatic carbocycles. The second-order valence-electron chi connectivity index (χ2n) is 5.98. The lowest BCUT2D eigenvalue weighted by atomic mass is 10.0. The van der Waals surface area contributed by atoms with Gasteiger partial charge in [0, 0.05) is 18.4 Å². The number of hydrogen-bond donors (Lipinski definition) is 1. The molecule has 1 aromatic carbocycles. The summed E-state index contributed by atoms with van der Waals surface area (Å²) in [5, 5.41) is 0. The first-order valence-electron chi connectivity index (χ1n) is 8.21. The largest absolute Gasteiger partial charge is 0.462 e. The monoisotopic (exact) mass is 396 g/mol. The molecule has 0 saturated carbocycles. The number of esters is 1. The van der Waals surface area contributed by atoms with Gasteiger partial charge < -0.3 is 9.72 Å². The summed E-state index contributed by atoms with van der Waals surface area (Å²) in [6.45, 7) is 4.57. The number of likely N-dealkylation sites (N-methyl/N-ethyl adjacent to an activating group) is 1. The summed E-state index contributed by atoms with van der Waals surface area (Å²) in [5.74, 6) is -1.76. The number of sulfonamides is 1. The fourth-order valence-electron chi connectivity index (χ4n) is 2.74. The van der Waals surface area contributed by atoms with Crippen LogP contribution in [0.1, 0.15) is 39.0 Å². The highest BCUT2D eigenvalue weighted by Crippen LogP contribution is 2.22. The van der Waals surface area contributed by atoms with Gasteiger partial charge in [-0.3, -0.25) is 4.79 Å². The molecule has 0 atom stereocenters.